The molecule has 0 aromatic carbocycles. The van der Waals surface area contributed by atoms with Gasteiger partial charge in [-0.05, 0) is 55.4 Å². The van der Waals surface area contributed by atoms with Crippen molar-refractivity contribution in [3.05, 3.63) is 0 Å². The summed E-state index contributed by atoms with van der Waals surface area (Å²) in [6.07, 6.45) is 0.257. The molecule has 0 aromatic heterocycles. The third-order valence-electron chi connectivity index (χ3n) is 1.04. The van der Waals surface area contributed by atoms with Crippen LogP contribution in [0.5, 0.6) is 0 Å². The van der Waals surface area contributed by atoms with Crippen molar-refractivity contribution in [2.75, 3.05) is 0 Å². The number of ether oxygens (including phenoxy) is 2. The maximum atomic E-state index is 8.06. The number of hydrogen-bond donors (Lipinski definition) is 1. The third-order valence-corrected chi connectivity index (χ3v) is 1.04. The van der Waals surface area contributed by atoms with Crippen LogP contribution in [-0.2, 0) is 9.47 Å². The Labute approximate surface area is 110 Å². The van der Waals surface area contributed by atoms with E-state index in [1.165, 1.54) is 0 Å². The molecule has 0 saturated carbocycles. The molecule has 0 aliphatic rings. The van der Waals surface area contributed by atoms with E-state index in [1.807, 2.05) is 41.5 Å². The molecule has 17 heavy (non-hydrogen) atoms. The second-order valence-electron chi connectivity index (χ2n) is 4.83. The van der Waals surface area contributed by atoms with Crippen molar-refractivity contribution in [3.63, 3.8) is 0 Å². The Kier molecular flexibility index (Phi) is 18.6. The second kappa shape index (κ2) is 12.3. The number of aliphatic hydroxyl groups is 1. The average Bonchev–Trinajstić information content (AvgIpc) is 1.75. The van der Waals surface area contributed by atoms with Crippen LogP contribution in [0.15, 0.2) is 0 Å². The van der Waals surface area contributed by atoms with E-state index >= 15 is 0 Å². The first-order valence-electron chi connectivity index (χ1n) is 5.60. The lowest BCUT2D eigenvalue weighted by Gasteiger charge is -2.29. The van der Waals surface area contributed by atoms with Gasteiger partial charge in [0.25, 0.3) is 0 Å². The van der Waals surface area contributed by atoms with E-state index in [1.54, 1.807) is 13.8 Å². The molecule has 0 amide bonds. The van der Waals surface area contributed by atoms with Gasteiger partial charge in [0.05, 0.1) is 12.2 Å². The predicted octanol–water partition coefficient (Wildman–Crippen LogP) is 4.23. The van der Waals surface area contributed by atoms with Crippen LogP contribution in [0.25, 0.3) is 0 Å². The minimum Gasteiger partial charge on any atom is -0.394 e. The SMILES string of the molecule is C.C.CC(C)O.CC(C)OC(C)(C)OC(C)C. The Hall–Kier alpha value is -0.120. The van der Waals surface area contributed by atoms with E-state index in [2.05, 4.69) is 0 Å². The van der Waals surface area contributed by atoms with Crippen molar-refractivity contribution in [2.24, 2.45) is 0 Å². The largest absolute Gasteiger partial charge is 0.394 e. The van der Waals surface area contributed by atoms with E-state index in [0.29, 0.717) is 0 Å². The summed E-state index contributed by atoms with van der Waals surface area (Å²) in [7, 11) is 0. The van der Waals surface area contributed by atoms with E-state index in [0.717, 1.165) is 0 Å². The lowest BCUT2D eigenvalue weighted by atomic mass is 10.3. The second-order valence-corrected chi connectivity index (χ2v) is 4.83. The van der Waals surface area contributed by atoms with Crippen LogP contribution in [0.1, 0.15) is 70.2 Å². The summed E-state index contributed by atoms with van der Waals surface area (Å²) in [6, 6.07) is 0. The summed E-state index contributed by atoms with van der Waals surface area (Å²) in [5, 5.41) is 8.06. The van der Waals surface area contributed by atoms with Gasteiger partial charge in [-0.25, -0.2) is 0 Å². The van der Waals surface area contributed by atoms with Crippen LogP contribution < -0.4 is 0 Å². The van der Waals surface area contributed by atoms with Gasteiger partial charge in [-0.15, -0.1) is 0 Å². The number of rotatable bonds is 4. The lowest BCUT2D eigenvalue weighted by molar-refractivity contribution is -0.246. The van der Waals surface area contributed by atoms with Gasteiger partial charge < -0.3 is 14.6 Å². The Morgan fingerprint density at radius 2 is 0.941 bits per heavy atom. The Bertz CT molecular complexity index is 126. The molecule has 0 atom stereocenters. The maximum absolute atomic E-state index is 8.06. The highest BCUT2D eigenvalue weighted by Crippen LogP contribution is 2.15. The molecule has 0 aliphatic carbocycles. The summed E-state index contributed by atoms with van der Waals surface area (Å²) in [6.45, 7) is 15.3. The maximum Gasteiger partial charge on any atom is 0.163 e. The molecule has 0 unspecified atom stereocenters. The molecular weight excluding hydrogens is 216 g/mol. The molecule has 0 spiro atoms. The van der Waals surface area contributed by atoms with Crippen LogP contribution in [-0.4, -0.2) is 29.2 Å². The van der Waals surface area contributed by atoms with E-state index in [-0.39, 0.29) is 33.2 Å². The minimum absolute atomic E-state index is 0. The smallest absolute Gasteiger partial charge is 0.163 e. The first-order chi connectivity index (χ1) is 6.57. The van der Waals surface area contributed by atoms with Crippen LogP contribution in [0.2, 0.25) is 0 Å². The van der Waals surface area contributed by atoms with E-state index < -0.39 is 5.79 Å². The van der Waals surface area contributed by atoms with Crippen LogP contribution in [0.3, 0.4) is 0 Å². The van der Waals surface area contributed by atoms with Crippen molar-refractivity contribution >= 4 is 0 Å². The van der Waals surface area contributed by atoms with Crippen molar-refractivity contribution in [3.8, 4) is 0 Å². The highest BCUT2D eigenvalue weighted by atomic mass is 16.7. The zero-order valence-corrected chi connectivity index (χ0v) is 11.5. The molecule has 0 rings (SSSR count). The molecule has 0 bridgehead atoms. The Morgan fingerprint density at radius 3 is 1.06 bits per heavy atom. The molecule has 0 saturated heterocycles. The van der Waals surface area contributed by atoms with E-state index in [9.17, 15) is 0 Å². The fourth-order valence-corrected chi connectivity index (χ4v) is 1.16. The van der Waals surface area contributed by atoms with Gasteiger partial charge in [0.15, 0.2) is 5.79 Å². The molecule has 0 aliphatic heterocycles. The summed E-state index contributed by atoms with van der Waals surface area (Å²) >= 11 is 0. The Morgan fingerprint density at radius 1 is 0.765 bits per heavy atom. The molecule has 1 N–H and O–H groups in total. The molecule has 3 nitrogen and oxygen atoms in total. The number of hydrogen-bond acceptors (Lipinski definition) is 3. The van der Waals surface area contributed by atoms with Gasteiger partial charge in [0.1, 0.15) is 0 Å². The minimum atomic E-state index is -0.456. The monoisotopic (exact) mass is 252 g/mol. The van der Waals surface area contributed by atoms with Gasteiger partial charge >= 0.3 is 0 Å². The molecule has 0 aromatic rings. The molecule has 0 heterocycles. The molecule has 0 radical (unpaired) electrons. The van der Waals surface area contributed by atoms with Crippen LogP contribution in [0, 0.1) is 0 Å². The van der Waals surface area contributed by atoms with Gasteiger partial charge in [0.2, 0.25) is 0 Å². The van der Waals surface area contributed by atoms with Crippen LogP contribution in [0.4, 0.5) is 0 Å². The van der Waals surface area contributed by atoms with Crippen LogP contribution >= 0.6 is 0 Å². The summed E-state index contributed by atoms with van der Waals surface area (Å²) in [5.74, 6) is -0.456. The van der Waals surface area contributed by atoms with E-state index in [4.69, 9.17) is 14.6 Å². The zero-order chi connectivity index (χ0) is 12.6. The van der Waals surface area contributed by atoms with Crippen molar-refractivity contribution in [1.29, 1.82) is 0 Å². The van der Waals surface area contributed by atoms with Crippen molar-refractivity contribution in [1.82, 2.24) is 0 Å². The average molecular weight is 252 g/mol. The quantitative estimate of drug-likeness (QED) is 0.761. The number of aliphatic hydroxyl groups excluding tert-OH is 1. The van der Waals surface area contributed by atoms with Crippen molar-refractivity contribution in [2.45, 2.75) is 94.3 Å². The Balaban J connectivity index is -0.000000123. The lowest BCUT2D eigenvalue weighted by Crippen LogP contribution is -2.33. The molecular formula is C14H36O3. The summed E-state index contributed by atoms with van der Waals surface area (Å²) < 4.78 is 11.1. The van der Waals surface area contributed by atoms with Gasteiger partial charge in [0, 0.05) is 6.10 Å². The molecule has 110 valence electrons. The van der Waals surface area contributed by atoms with Gasteiger partial charge in [-0.3, -0.25) is 0 Å². The standard InChI is InChI=1S/C9H20O2.C3H8O.2CH4/c1-7(2)10-9(5,6)11-8(3)4;1-3(2)4;;/h7-8H,1-6H3;3-4H,1-2H3;2*1H4. The molecule has 3 heteroatoms. The highest BCUT2D eigenvalue weighted by molar-refractivity contribution is 4.57. The summed E-state index contributed by atoms with van der Waals surface area (Å²) in [5.41, 5.74) is 0. The normalized spacial score (nSPS) is 10.6. The first-order valence-corrected chi connectivity index (χ1v) is 5.60. The van der Waals surface area contributed by atoms with Crippen molar-refractivity contribution < 1.29 is 14.6 Å². The fourth-order valence-electron chi connectivity index (χ4n) is 1.16. The van der Waals surface area contributed by atoms with Gasteiger partial charge in [-0.1, -0.05) is 14.9 Å². The van der Waals surface area contributed by atoms with Gasteiger partial charge in [-0.2, -0.15) is 0 Å². The first kappa shape index (κ1) is 25.7. The third kappa shape index (κ3) is 31.3. The fraction of sp³-hybridized carbons (Fsp3) is 1.00. The predicted molar refractivity (Wildman–Crippen MR) is 77.3 cm³/mol. The summed E-state index contributed by atoms with van der Waals surface area (Å²) in [4.78, 5) is 0. The molecule has 0 fully saturated rings. The topological polar surface area (TPSA) is 38.7 Å². The highest BCUT2D eigenvalue weighted by Gasteiger charge is 2.21. The zero-order valence-electron chi connectivity index (χ0n) is 11.5.